The van der Waals surface area contributed by atoms with E-state index >= 15 is 0 Å². The van der Waals surface area contributed by atoms with Gasteiger partial charge < -0.3 is 10.6 Å². The van der Waals surface area contributed by atoms with Crippen molar-refractivity contribution in [2.24, 2.45) is 23.0 Å². The van der Waals surface area contributed by atoms with Crippen molar-refractivity contribution in [2.75, 3.05) is 19.6 Å². The van der Waals surface area contributed by atoms with Crippen LogP contribution in [-0.4, -0.2) is 30.4 Å². The summed E-state index contributed by atoms with van der Waals surface area (Å²) in [4.78, 5) is 14.3. The lowest BCUT2D eigenvalue weighted by molar-refractivity contribution is -0.134. The number of likely N-dealkylation sites (tertiary alicyclic amines) is 1. The molecule has 0 aromatic rings. The van der Waals surface area contributed by atoms with Crippen LogP contribution in [-0.2, 0) is 4.79 Å². The van der Waals surface area contributed by atoms with Crippen LogP contribution in [0.1, 0.15) is 47.0 Å². The molecule has 3 nitrogen and oxygen atoms in total. The summed E-state index contributed by atoms with van der Waals surface area (Å²) >= 11 is 0. The molecule has 1 aliphatic rings. The second-order valence-corrected chi connectivity index (χ2v) is 6.36. The fraction of sp³-hybridized carbons (Fsp3) is 0.929. The Labute approximate surface area is 106 Å². The Morgan fingerprint density at radius 1 is 1.47 bits per heavy atom. The van der Waals surface area contributed by atoms with Gasteiger partial charge in [0, 0.05) is 19.6 Å². The van der Waals surface area contributed by atoms with Crippen LogP contribution in [0.25, 0.3) is 0 Å². The van der Waals surface area contributed by atoms with Crippen molar-refractivity contribution in [3.05, 3.63) is 0 Å². The second-order valence-electron chi connectivity index (χ2n) is 6.36. The number of nitrogens with two attached hydrogens (primary N) is 1. The van der Waals surface area contributed by atoms with Gasteiger partial charge >= 0.3 is 0 Å². The van der Waals surface area contributed by atoms with Crippen LogP contribution < -0.4 is 5.73 Å². The van der Waals surface area contributed by atoms with E-state index in [0.29, 0.717) is 17.9 Å². The maximum atomic E-state index is 12.3. The number of rotatable bonds is 4. The predicted octanol–water partition coefficient (Wildman–Crippen LogP) is 2.26. The highest BCUT2D eigenvalue weighted by Gasteiger charge is 2.35. The Bertz CT molecular complexity index is 257. The Morgan fingerprint density at radius 2 is 2.12 bits per heavy atom. The summed E-state index contributed by atoms with van der Waals surface area (Å²) in [5.41, 5.74) is 6.00. The van der Waals surface area contributed by atoms with Crippen molar-refractivity contribution in [1.82, 2.24) is 4.90 Å². The maximum absolute atomic E-state index is 12.3. The Kier molecular flexibility index (Phi) is 4.99. The van der Waals surface area contributed by atoms with E-state index in [-0.39, 0.29) is 11.8 Å². The van der Waals surface area contributed by atoms with Crippen molar-refractivity contribution >= 4 is 5.91 Å². The number of carbonyl (C=O) groups is 1. The maximum Gasteiger partial charge on any atom is 0.226 e. The molecule has 1 aliphatic heterocycles. The van der Waals surface area contributed by atoms with Gasteiger partial charge in [0.1, 0.15) is 0 Å². The Hall–Kier alpha value is -0.570. The van der Waals surface area contributed by atoms with Gasteiger partial charge in [-0.05, 0) is 24.2 Å². The van der Waals surface area contributed by atoms with Crippen molar-refractivity contribution in [2.45, 2.75) is 47.0 Å². The van der Waals surface area contributed by atoms with E-state index in [1.54, 1.807) is 0 Å². The molecule has 1 rings (SSSR count). The number of carbonyl (C=O) groups excluding carboxylic acids is 1. The minimum atomic E-state index is 0.0405. The molecule has 0 aromatic heterocycles. The Morgan fingerprint density at radius 3 is 2.53 bits per heavy atom. The first kappa shape index (κ1) is 14.5. The summed E-state index contributed by atoms with van der Waals surface area (Å²) in [5, 5.41) is 0. The molecule has 0 spiro atoms. The average Bonchev–Trinajstić information content (AvgIpc) is 2.73. The van der Waals surface area contributed by atoms with Gasteiger partial charge in [0.05, 0.1) is 5.92 Å². The third-order valence-corrected chi connectivity index (χ3v) is 4.00. The molecule has 0 radical (unpaired) electrons. The summed E-state index contributed by atoms with van der Waals surface area (Å²) in [5.74, 6) is 0.950. The van der Waals surface area contributed by atoms with Crippen LogP contribution >= 0.6 is 0 Å². The minimum absolute atomic E-state index is 0.0405. The summed E-state index contributed by atoms with van der Waals surface area (Å²) in [6.07, 6.45) is 3.09. The van der Waals surface area contributed by atoms with E-state index in [2.05, 4.69) is 27.7 Å². The topological polar surface area (TPSA) is 46.3 Å². The lowest BCUT2D eigenvalue weighted by atomic mass is 9.80. The lowest BCUT2D eigenvalue weighted by Gasteiger charge is -2.28. The fourth-order valence-electron chi connectivity index (χ4n) is 2.62. The third kappa shape index (κ3) is 3.70. The highest BCUT2D eigenvalue weighted by molar-refractivity contribution is 5.79. The largest absolute Gasteiger partial charge is 0.342 e. The molecular formula is C14H28N2O. The highest BCUT2D eigenvalue weighted by atomic mass is 16.2. The first-order valence-electron chi connectivity index (χ1n) is 6.89. The van der Waals surface area contributed by atoms with E-state index in [9.17, 15) is 4.79 Å². The molecule has 1 saturated heterocycles. The van der Waals surface area contributed by atoms with E-state index in [4.69, 9.17) is 5.73 Å². The van der Waals surface area contributed by atoms with Crippen LogP contribution in [0.2, 0.25) is 0 Å². The van der Waals surface area contributed by atoms with Crippen LogP contribution in [0.4, 0.5) is 0 Å². The molecule has 3 heteroatoms. The van der Waals surface area contributed by atoms with Gasteiger partial charge in [-0.1, -0.05) is 34.1 Å². The van der Waals surface area contributed by atoms with E-state index in [0.717, 1.165) is 32.4 Å². The van der Waals surface area contributed by atoms with Crippen molar-refractivity contribution in [3.63, 3.8) is 0 Å². The molecule has 0 saturated carbocycles. The number of amides is 1. The minimum Gasteiger partial charge on any atom is -0.342 e. The normalized spacial score (nSPS) is 22.9. The monoisotopic (exact) mass is 240 g/mol. The van der Waals surface area contributed by atoms with Gasteiger partial charge in [-0.25, -0.2) is 0 Å². The van der Waals surface area contributed by atoms with E-state index in [1.165, 1.54) is 0 Å². The summed E-state index contributed by atoms with van der Waals surface area (Å²) < 4.78 is 0. The standard InChI is InChI=1S/C14H28N2O/c1-5-6-11(9-15)13(17)16-8-7-12(10-16)14(2,3)4/h11-12H,5-10,15H2,1-4H3. The van der Waals surface area contributed by atoms with Gasteiger partial charge in [-0.15, -0.1) is 0 Å². The smallest absolute Gasteiger partial charge is 0.226 e. The first-order valence-corrected chi connectivity index (χ1v) is 6.89. The fourth-order valence-corrected chi connectivity index (χ4v) is 2.62. The number of hydrogen-bond acceptors (Lipinski definition) is 2. The molecular weight excluding hydrogens is 212 g/mol. The molecule has 0 bridgehead atoms. The highest BCUT2D eigenvalue weighted by Crippen LogP contribution is 2.34. The summed E-state index contributed by atoms with van der Waals surface area (Å²) in [6, 6.07) is 0. The van der Waals surface area contributed by atoms with Gasteiger partial charge in [0.2, 0.25) is 5.91 Å². The van der Waals surface area contributed by atoms with Crippen LogP contribution in [0.15, 0.2) is 0 Å². The lowest BCUT2D eigenvalue weighted by Crippen LogP contribution is -2.38. The molecule has 2 unspecified atom stereocenters. The molecule has 17 heavy (non-hydrogen) atoms. The zero-order chi connectivity index (χ0) is 13.1. The first-order chi connectivity index (χ1) is 7.90. The zero-order valence-corrected chi connectivity index (χ0v) is 11.8. The van der Waals surface area contributed by atoms with Crippen LogP contribution in [0.5, 0.6) is 0 Å². The molecule has 0 aromatic carbocycles. The molecule has 2 N–H and O–H groups in total. The Balaban J connectivity index is 2.55. The predicted molar refractivity (Wildman–Crippen MR) is 71.6 cm³/mol. The number of nitrogens with zero attached hydrogens (tertiary/aromatic N) is 1. The van der Waals surface area contributed by atoms with Crippen molar-refractivity contribution in [1.29, 1.82) is 0 Å². The quantitative estimate of drug-likeness (QED) is 0.819. The molecule has 2 atom stereocenters. The average molecular weight is 240 g/mol. The summed E-state index contributed by atoms with van der Waals surface area (Å²) in [6.45, 7) is 11.2. The molecule has 0 aliphatic carbocycles. The summed E-state index contributed by atoms with van der Waals surface area (Å²) in [7, 11) is 0. The third-order valence-electron chi connectivity index (χ3n) is 4.00. The molecule has 1 heterocycles. The van der Waals surface area contributed by atoms with Gasteiger partial charge in [0.15, 0.2) is 0 Å². The molecule has 100 valence electrons. The zero-order valence-electron chi connectivity index (χ0n) is 11.8. The number of hydrogen-bond donors (Lipinski definition) is 1. The van der Waals surface area contributed by atoms with E-state index < -0.39 is 0 Å². The van der Waals surface area contributed by atoms with Gasteiger partial charge in [-0.2, -0.15) is 0 Å². The van der Waals surface area contributed by atoms with Gasteiger partial charge in [-0.3, -0.25) is 4.79 Å². The molecule has 1 amide bonds. The van der Waals surface area contributed by atoms with Crippen molar-refractivity contribution < 1.29 is 4.79 Å². The van der Waals surface area contributed by atoms with Crippen LogP contribution in [0.3, 0.4) is 0 Å². The second kappa shape index (κ2) is 5.85. The van der Waals surface area contributed by atoms with Crippen LogP contribution in [0, 0.1) is 17.3 Å². The molecule has 1 fully saturated rings. The SMILES string of the molecule is CCCC(CN)C(=O)N1CCC(C(C)(C)C)C1. The van der Waals surface area contributed by atoms with Crippen molar-refractivity contribution in [3.8, 4) is 0 Å². The van der Waals surface area contributed by atoms with Gasteiger partial charge in [0.25, 0.3) is 0 Å². The van der Waals surface area contributed by atoms with E-state index in [1.807, 2.05) is 4.90 Å².